The molecule has 0 spiro atoms. The van der Waals surface area contributed by atoms with Crippen molar-refractivity contribution in [2.75, 3.05) is 4.43 Å². The van der Waals surface area contributed by atoms with Crippen molar-refractivity contribution in [2.45, 2.75) is 25.1 Å². The van der Waals surface area contributed by atoms with Crippen molar-refractivity contribution < 1.29 is 4.84 Å². The van der Waals surface area contributed by atoms with Gasteiger partial charge in [-0.2, -0.15) is 5.06 Å². The lowest BCUT2D eigenvalue weighted by molar-refractivity contribution is -0.164. The van der Waals surface area contributed by atoms with Gasteiger partial charge in [0, 0.05) is 11.0 Å². The Kier molecular flexibility index (Phi) is 4.70. The van der Waals surface area contributed by atoms with E-state index in [-0.39, 0.29) is 0 Å². The Morgan fingerprint density at radius 2 is 1.65 bits per heavy atom. The van der Waals surface area contributed by atoms with Crippen LogP contribution in [0.3, 0.4) is 0 Å². The molecule has 2 aromatic rings. The number of alkyl halides is 1. The summed E-state index contributed by atoms with van der Waals surface area (Å²) < 4.78 is 1.03. The van der Waals surface area contributed by atoms with Gasteiger partial charge in [-0.25, -0.2) is 0 Å². The smallest absolute Gasteiger partial charge is 0.0901 e. The zero-order chi connectivity index (χ0) is 13.8. The number of hydrogen-bond donors (Lipinski definition) is 0. The van der Waals surface area contributed by atoms with Crippen molar-refractivity contribution in [3.05, 3.63) is 71.8 Å². The second kappa shape index (κ2) is 6.70. The van der Waals surface area contributed by atoms with E-state index in [4.69, 9.17) is 4.84 Å². The topological polar surface area (TPSA) is 12.5 Å². The maximum atomic E-state index is 6.11. The SMILES string of the molecule is IC[C@H]1C[C@@H](c2ccccc2)N(Cc2ccccc2)O1. The number of hydrogen-bond acceptors (Lipinski definition) is 2. The van der Waals surface area contributed by atoms with Crippen LogP contribution in [0.15, 0.2) is 60.7 Å². The molecule has 1 aliphatic rings. The lowest BCUT2D eigenvalue weighted by atomic mass is 10.0. The Hall–Kier alpha value is -0.910. The molecule has 0 bridgehead atoms. The summed E-state index contributed by atoms with van der Waals surface area (Å²) in [4.78, 5) is 6.11. The summed E-state index contributed by atoms with van der Waals surface area (Å²) in [5.41, 5.74) is 2.64. The van der Waals surface area contributed by atoms with Crippen LogP contribution in [-0.2, 0) is 11.4 Å². The Morgan fingerprint density at radius 1 is 1.00 bits per heavy atom. The number of hydroxylamine groups is 2. The van der Waals surface area contributed by atoms with Gasteiger partial charge in [-0.05, 0) is 17.5 Å². The van der Waals surface area contributed by atoms with Crippen LogP contribution in [0.4, 0.5) is 0 Å². The van der Waals surface area contributed by atoms with Crippen molar-refractivity contribution in [1.82, 2.24) is 5.06 Å². The van der Waals surface area contributed by atoms with Gasteiger partial charge in [-0.3, -0.25) is 4.84 Å². The molecule has 2 aromatic carbocycles. The average Bonchev–Trinajstić information content (AvgIpc) is 2.92. The summed E-state index contributed by atoms with van der Waals surface area (Å²) in [6.07, 6.45) is 1.39. The molecular weight excluding hydrogens is 361 g/mol. The van der Waals surface area contributed by atoms with Gasteiger partial charge in [0.15, 0.2) is 0 Å². The minimum atomic E-state index is 0.324. The lowest BCUT2D eigenvalue weighted by Gasteiger charge is -2.23. The maximum Gasteiger partial charge on any atom is 0.0901 e. The second-order valence-electron chi connectivity index (χ2n) is 5.10. The largest absolute Gasteiger partial charge is 0.294 e. The van der Waals surface area contributed by atoms with Crippen molar-refractivity contribution in [3.63, 3.8) is 0 Å². The van der Waals surface area contributed by atoms with E-state index in [2.05, 4.69) is 88.3 Å². The van der Waals surface area contributed by atoms with Crippen LogP contribution in [-0.4, -0.2) is 15.6 Å². The van der Waals surface area contributed by atoms with Gasteiger partial charge < -0.3 is 0 Å². The van der Waals surface area contributed by atoms with Crippen molar-refractivity contribution in [3.8, 4) is 0 Å². The maximum absolute atomic E-state index is 6.11. The third kappa shape index (κ3) is 3.22. The van der Waals surface area contributed by atoms with Gasteiger partial charge in [0.2, 0.25) is 0 Å². The van der Waals surface area contributed by atoms with Gasteiger partial charge in [0.25, 0.3) is 0 Å². The molecule has 0 aromatic heterocycles. The molecule has 1 aliphatic heterocycles. The van der Waals surface area contributed by atoms with Crippen LogP contribution >= 0.6 is 22.6 Å². The number of nitrogens with zero attached hydrogens (tertiary/aromatic N) is 1. The molecule has 0 saturated carbocycles. The van der Waals surface area contributed by atoms with E-state index in [1.165, 1.54) is 11.1 Å². The third-order valence-corrected chi connectivity index (χ3v) is 4.64. The number of benzene rings is 2. The fourth-order valence-electron chi connectivity index (χ4n) is 2.65. The van der Waals surface area contributed by atoms with E-state index in [0.717, 1.165) is 17.4 Å². The molecule has 3 heteroatoms. The van der Waals surface area contributed by atoms with Crippen molar-refractivity contribution in [1.29, 1.82) is 0 Å². The normalized spacial score (nSPS) is 23.1. The quantitative estimate of drug-likeness (QED) is 0.578. The highest BCUT2D eigenvalue weighted by atomic mass is 127. The molecular formula is C17H18INO. The number of halogens is 1. The van der Waals surface area contributed by atoms with E-state index in [1.54, 1.807) is 0 Å². The zero-order valence-electron chi connectivity index (χ0n) is 11.3. The average molecular weight is 379 g/mol. The molecule has 3 rings (SSSR count). The highest BCUT2D eigenvalue weighted by Gasteiger charge is 2.33. The van der Waals surface area contributed by atoms with Crippen LogP contribution in [0.25, 0.3) is 0 Å². The fraction of sp³-hybridized carbons (Fsp3) is 0.294. The summed E-state index contributed by atoms with van der Waals surface area (Å²) in [5.74, 6) is 0. The molecule has 20 heavy (non-hydrogen) atoms. The van der Waals surface area contributed by atoms with Crippen LogP contribution in [0.1, 0.15) is 23.6 Å². The fourth-order valence-corrected chi connectivity index (χ4v) is 3.17. The van der Waals surface area contributed by atoms with Crippen molar-refractivity contribution in [2.24, 2.45) is 0 Å². The summed E-state index contributed by atoms with van der Waals surface area (Å²) in [6.45, 7) is 0.841. The van der Waals surface area contributed by atoms with Crippen LogP contribution in [0.2, 0.25) is 0 Å². The molecule has 2 atom stereocenters. The first-order chi connectivity index (χ1) is 9.86. The Labute approximate surface area is 133 Å². The first-order valence-electron chi connectivity index (χ1n) is 6.95. The standard InChI is InChI=1S/C17H18INO/c18-12-16-11-17(15-9-5-2-6-10-15)19(20-16)13-14-7-3-1-4-8-14/h1-10,16-17H,11-13H2/t16-,17+/m1/s1. The monoisotopic (exact) mass is 379 g/mol. The highest BCUT2D eigenvalue weighted by Crippen LogP contribution is 2.35. The minimum absolute atomic E-state index is 0.324. The van der Waals surface area contributed by atoms with Crippen LogP contribution in [0, 0.1) is 0 Å². The molecule has 104 valence electrons. The number of rotatable bonds is 4. The molecule has 1 saturated heterocycles. The van der Waals surface area contributed by atoms with Crippen molar-refractivity contribution >= 4 is 22.6 Å². The predicted octanol–water partition coefficient (Wildman–Crippen LogP) is 4.37. The van der Waals surface area contributed by atoms with Gasteiger partial charge in [0.1, 0.15) is 0 Å². The Bertz CT molecular complexity index is 531. The summed E-state index contributed by atoms with van der Waals surface area (Å²) in [6, 6.07) is 21.6. The summed E-state index contributed by atoms with van der Waals surface area (Å²) in [5, 5.41) is 2.15. The van der Waals surface area contributed by atoms with Gasteiger partial charge >= 0.3 is 0 Å². The summed E-state index contributed by atoms with van der Waals surface area (Å²) >= 11 is 2.41. The molecule has 0 unspecified atom stereocenters. The lowest BCUT2D eigenvalue weighted by Crippen LogP contribution is -2.22. The van der Waals surface area contributed by atoms with Crippen LogP contribution < -0.4 is 0 Å². The van der Waals surface area contributed by atoms with E-state index in [0.29, 0.717) is 12.1 Å². The summed E-state index contributed by atoms with van der Waals surface area (Å²) in [7, 11) is 0. The molecule has 0 amide bonds. The van der Waals surface area contributed by atoms with Gasteiger partial charge in [-0.1, -0.05) is 83.3 Å². The molecule has 0 aliphatic carbocycles. The van der Waals surface area contributed by atoms with E-state index in [9.17, 15) is 0 Å². The zero-order valence-corrected chi connectivity index (χ0v) is 13.4. The Balaban J connectivity index is 1.80. The van der Waals surface area contributed by atoms with E-state index in [1.807, 2.05) is 0 Å². The molecule has 1 heterocycles. The minimum Gasteiger partial charge on any atom is -0.294 e. The van der Waals surface area contributed by atoms with Crippen LogP contribution in [0.5, 0.6) is 0 Å². The molecule has 0 N–H and O–H groups in total. The molecule has 1 fully saturated rings. The van der Waals surface area contributed by atoms with E-state index >= 15 is 0 Å². The Morgan fingerprint density at radius 3 is 2.30 bits per heavy atom. The second-order valence-corrected chi connectivity index (χ2v) is 5.99. The third-order valence-electron chi connectivity index (χ3n) is 3.66. The first kappa shape index (κ1) is 14.0. The highest BCUT2D eigenvalue weighted by molar-refractivity contribution is 14.1. The van der Waals surface area contributed by atoms with E-state index < -0.39 is 0 Å². The molecule has 2 nitrogen and oxygen atoms in total. The molecule has 0 radical (unpaired) electrons. The van der Waals surface area contributed by atoms with Gasteiger partial charge in [0.05, 0.1) is 12.1 Å². The van der Waals surface area contributed by atoms with Gasteiger partial charge in [-0.15, -0.1) is 0 Å². The predicted molar refractivity (Wildman–Crippen MR) is 89.5 cm³/mol. The first-order valence-corrected chi connectivity index (χ1v) is 8.47.